The standard InChI is InChI=1S/C25H35N3O4S/c1-3-7-21-24-22(28(25(21)30)33(2,31)32)14-17-27(24)23(29)13-12-19-8-10-20(11-9-19)18-26-15-5-4-6-16-26/h8-13,21-22,24H,3-7,14-18H2,1-2H3/b13-12+/t21-,22+,24-/m1/s1. The lowest BCUT2D eigenvalue weighted by Crippen LogP contribution is -2.42. The Morgan fingerprint density at radius 1 is 1.09 bits per heavy atom. The molecule has 3 saturated heterocycles. The lowest BCUT2D eigenvalue weighted by molar-refractivity contribution is -0.130. The summed E-state index contributed by atoms with van der Waals surface area (Å²) >= 11 is 0. The molecule has 2 amide bonds. The minimum atomic E-state index is -3.65. The van der Waals surface area contributed by atoms with Crippen molar-refractivity contribution in [1.29, 1.82) is 0 Å². The average Bonchev–Trinajstić information content (AvgIpc) is 3.32. The SMILES string of the molecule is CCC[C@H]1C(=O)N(S(C)(=O)=O)[C@H]2CCN(C(=O)/C=C/c3ccc(CN4CCCCC4)cc3)[C@H]12. The van der Waals surface area contributed by atoms with Gasteiger partial charge in [0.1, 0.15) is 0 Å². The van der Waals surface area contributed by atoms with Gasteiger partial charge in [-0.25, -0.2) is 12.7 Å². The van der Waals surface area contributed by atoms with Gasteiger partial charge in [0.15, 0.2) is 0 Å². The van der Waals surface area contributed by atoms with E-state index in [2.05, 4.69) is 17.0 Å². The topological polar surface area (TPSA) is 78.0 Å². The van der Waals surface area contributed by atoms with Crippen LogP contribution in [0.1, 0.15) is 56.6 Å². The molecule has 1 aromatic rings. The molecule has 0 radical (unpaired) electrons. The van der Waals surface area contributed by atoms with E-state index >= 15 is 0 Å². The molecular weight excluding hydrogens is 438 g/mol. The minimum absolute atomic E-state index is 0.163. The van der Waals surface area contributed by atoms with E-state index < -0.39 is 22.0 Å². The van der Waals surface area contributed by atoms with Crippen molar-refractivity contribution in [1.82, 2.24) is 14.1 Å². The second-order valence-electron chi connectivity index (χ2n) is 9.58. The number of carbonyl (C=O) groups excluding carboxylic acids is 2. The number of likely N-dealkylation sites (tertiary alicyclic amines) is 2. The van der Waals surface area contributed by atoms with Gasteiger partial charge in [0.2, 0.25) is 21.8 Å². The first kappa shape index (κ1) is 24.0. The maximum atomic E-state index is 13.1. The van der Waals surface area contributed by atoms with Gasteiger partial charge in [0.05, 0.1) is 24.3 Å². The molecule has 7 nitrogen and oxygen atoms in total. The van der Waals surface area contributed by atoms with Gasteiger partial charge < -0.3 is 4.90 Å². The summed E-state index contributed by atoms with van der Waals surface area (Å²) in [5.41, 5.74) is 2.22. The Morgan fingerprint density at radius 3 is 2.42 bits per heavy atom. The summed E-state index contributed by atoms with van der Waals surface area (Å²) in [7, 11) is -3.65. The van der Waals surface area contributed by atoms with Gasteiger partial charge in [-0.3, -0.25) is 14.5 Å². The monoisotopic (exact) mass is 473 g/mol. The number of rotatable bonds is 7. The number of amides is 2. The van der Waals surface area contributed by atoms with Gasteiger partial charge in [0.25, 0.3) is 0 Å². The fraction of sp³-hybridized carbons (Fsp3) is 0.600. The van der Waals surface area contributed by atoms with E-state index in [0.29, 0.717) is 19.4 Å². The molecule has 0 aliphatic carbocycles. The zero-order chi connectivity index (χ0) is 23.6. The molecule has 4 rings (SSSR count). The van der Waals surface area contributed by atoms with Crippen molar-refractivity contribution in [2.45, 2.75) is 64.1 Å². The highest BCUT2D eigenvalue weighted by Gasteiger charge is 2.56. The average molecular weight is 474 g/mol. The van der Waals surface area contributed by atoms with Gasteiger partial charge in [-0.15, -0.1) is 0 Å². The Balaban J connectivity index is 1.43. The largest absolute Gasteiger partial charge is 0.333 e. The lowest BCUT2D eigenvalue weighted by Gasteiger charge is -2.26. The summed E-state index contributed by atoms with van der Waals surface area (Å²) in [4.78, 5) is 30.1. The number of fused-ring (bicyclic) bond motifs is 1. The van der Waals surface area contributed by atoms with Crippen molar-refractivity contribution >= 4 is 27.9 Å². The summed E-state index contributed by atoms with van der Waals surface area (Å²) in [5.74, 6) is -0.979. The Bertz CT molecular complexity index is 999. The summed E-state index contributed by atoms with van der Waals surface area (Å²) in [5, 5.41) is 0. The van der Waals surface area contributed by atoms with Gasteiger partial charge >= 0.3 is 0 Å². The van der Waals surface area contributed by atoms with Crippen LogP contribution in [-0.4, -0.2) is 72.3 Å². The fourth-order valence-corrected chi connectivity index (χ4v) is 6.84. The summed E-state index contributed by atoms with van der Waals surface area (Å²) < 4.78 is 25.6. The van der Waals surface area contributed by atoms with Crippen LogP contribution in [0.5, 0.6) is 0 Å². The van der Waals surface area contributed by atoms with Crippen LogP contribution in [0.2, 0.25) is 0 Å². The third kappa shape index (κ3) is 5.17. The quantitative estimate of drug-likeness (QED) is 0.569. The highest BCUT2D eigenvalue weighted by molar-refractivity contribution is 7.88. The van der Waals surface area contributed by atoms with Crippen LogP contribution in [0.25, 0.3) is 6.08 Å². The molecule has 180 valence electrons. The van der Waals surface area contributed by atoms with Crippen LogP contribution in [-0.2, 0) is 26.2 Å². The number of hydrogen-bond donors (Lipinski definition) is 0. The number of carbonyl (C=O) groups is 2. The van der Waals surface area contributed by atoms with Crippen molar-refractivity contribution in [2.24, 2.45) is 5.92 Å². The van der Waals surface area contributed by atoms with E-state index in [1.54, 1.807) is 17.1 Å². The van der Waals surface area contributed by atoms with E-state index in [9.17, 15) is 18.0 Å². The van der Waals surface area contributed by atoms with Crippen LogP contribution in [0, 0.1) is 5.92 Å². The van der Waals surface area contributed by atoms with Crippen molar-refractivity contribution < 1.29 is 18.0 Å². The maximum Gasteiger partial charge on any atom is 0.246 e. The molecule has 3 aliphatic rings. The molecular formula is C25H35N3O4S. The number of piperidine rings is 1. The molecule has 33 heavy (non-hydrogen) atoms. The number of sulfonamides is 1. The molecule has 0 unspecified atom stereocenters. The van der Waals surface area contributed by atoms with Crippen LogP contribution in [0.4, 0.5) is 0 Å². The molecule has 0 bridgehead atoms. The first-order chi connectivity index (χ1) is 15.8. The van der Waals surface area contributed by atoms with Crippen molar-refractivity contribution in [2.75, 3.05) is 25.9 Å². The molecule has 8 heteroatoms. The van der Waals surface area contributed by atoms with E-state index in [4.69, 9.17) is 0 Å². The second kappa shape index (κ2) is 9.97. The zero-order valence-electron chi connectivity index (χ0n) is 19.7. The van der Waals surface area contributed by atoms with E-state index in [1.165, 1.54) is 24.8 Å². The molecule has 0 saturated carbocycles. The van der Waals surface area contributed by atoms with Gasteiger partial charge in [-0.05, 0) is 56.0 Å². The summed E-state index contributed by atoms with van der Waals surface area (Å²) in [6, 6.07) is 7.45. The predicted molar refractivity (Wildman–Crippen MR) is 129 cm³/mol. The fourth-order valence-electron chi connectivity index (χ4n) is 5.66. The van der Waals surface area contributed by atoms with Crippen LogP contribution in [0.15, 0.2) is 30.3 Å². The maximum absolute atomic E-state index is 13.1. The third-order valence-corrected chi connectivity index (χ3v) is 8.33. The molecule has 1 aromatic carbocycles. The smallest absolute Gasteiger partial charge is 0.246 e. The van der Waals surface area contributed by atoms with E-state index in [1.807, 2.05) is 19.1 Å². The normalized spacial score (nSPS) is 26.4. The van der Waals surface area contributed by atoms with Crippen molar-refractivity contribution in [3.05, 3.63) is 41.5 Å². The number of benzene rings is 1. The van der Waals surface area contributed by atoms with Crippen LogP contribution < -0.4 is 0 Å². The van der Waals surface area contributed by atoms with Crippen molar-refractivity contribution in [3.63, 3.8) is 0 Å². The third-order valence-electron chi connectivity index (χ3n) is 7.16. The Kier molecular flexibility index (Phi) is 7.24. The van der Waals surface area contributed by atoms with Crippen molar-refractivity contribution in [3.8, 4) is 0 Å². The minimum Gasteiger partial charge on any atom is -0.333 e. The van der Waals surface area contributed by atoms with Gasteiger partial charge in [-0.1, -0.05) is 44.0 Å². The highest BCUT2D eigenvalue weighted by atomic mass is 32.2. The Labute approximate surface area is 197 Å². The first-order valence-electron chi connectivity index (χ1n) is 12.1. The number of nitrogens with zero attached hydrogens (tertiary/aromatic N) is 3. The first-order valence-corrected chi connectivity index (χ1v) is 14.0. The molecule has 0 aromatic heterocycles. The van der Waals surface area contributed by atoms with Crippen LogP contribution in [0.3, 0.4) is 0 Å². The highest BCUT2D eigenvalue weighted by Crippen LogP contribution is 2.40. The van der Waals surface area contributed by atoms with E-state index in [0.717, 1.165) is 42.2 Å². The molecule has 3 fully saturated rings. The summed E-state index contributed by atoms with van der Waals surface area (Å²) in [6.45, 7) is 5.72. The van der Waals surface area contributed by atoms with Crippen LogP contribution >= 0.6 is 0 Å². The Hall–Kier alpha value is -2.19. The predicted octanol–water partition coefficient (Wildman–Crippen LogP) is 2.87. The van der Waals surface area contributed by atoms with E-state index in [-0.39, 0.29) is 17.9 Å². The number of hydrogen-bond acceptors (Lipinski definition) is 5. The molecule has 3 heterocycles. The Morgan fingerprint density at radius 2 is 1.79 bits per heavy atom. The zero-order valence-corrected chi connectivity index (χ0v) is 20.5. The van der Waals surface area contributed by atoms with Gasteiger partial charge in [0, 0.05) is 19.2 Å². The van der Waals surface area contributed by atoms with Gasteiger partial charge in [-0.2, -0.15) is 0 Å². The molecule has 0 spiro atoms. The molecule has 0 N–H and O–H groups in total. The molecule has 3 aliphatic heterocycles. The summed E-state index contributed by atoms with van der Waals surface area (Å²) in [6.07, 6.45) is 10.1. The molecule has 3 atom stereocenters. The second-order valence-corrected chi connectivity index (χ2v) is 11.4. The lowest BCUT2D eigenvalue weighted by atomic mass is 9.94.